The molecule has 8 nitrogen and oxygen atoms in total. The van der Waals surface area contributed by atoms with Crippen molar-refractivity contribution in [2.45, 2.75) is 6.92 Å². The summed E-state index contributed by atoms with van der Waals surface area (Å²) in [7, 11) is 0. The lowest BCUT2D eigenvalue weighted by Gasteiger charge is -2.38. The molecule has 5 aromatic rings. The van der Waals surface area contributed by atoms with E-state index in [1.807, 2.05) is 35.3 Å². The van der Waals surface area contributed by atoms with E-state index in [9.17, 15) is 5.11 Å². The van der Waals surface area contributed by atoms with E-state index in [-0.39, 0.29) is 6.61 Å². The molecule has 1 N–H and O–H groups in total. The SMILES string of the molecule is CCN(CCO)c1ccc(N(c2ccncn2)N2c3ccnc(n3)-c3ccc2c(-c2ccccc2)c3)cc1. The Morgan fingerprint density at radius 2 is 1.63 bits per heavy atom. The summed E-state index contributed by atoms with van der Waals surface area (Å²) < 4.78 is 0. The van der Waals surface area contributed by atoms with Gasteiger partial charge in [0.2, 0.25) is 0 Å². The molecular formula is C30H27N7O. The molecule has 0 aliphatic carbocycles. The quantitative estimate of drug-likeness (QED) is 0.293. The number of hydrogen-bond donors (Lipinski definition) is 1. The van der Waals surface area contributed by atoms with Crippen molar-refractivity contribution in [3.8, 4) is 22.5 Å². The third-order valence-corrected chi connectivity index (χ3v) is 6.62. The highest BCUT2D eigenvalue weighted by atomic mass is 16.3. The Bertz CT molecular complexity index is 1530. The van der Waals surface area contributed by atoms with E-state index in [0.717, 1.165) is 46.1 Å². The third kappa shape index (κ3) is 4.31. The van der Waals surface area contributed by atoms with E-state index in [2.05, 4.69) is 86.4 Å². The molecule has 2 aromatic heterocycles. The Kier molecular flexibility index (Phi) is 6.37. The largest absolute Gasteiger partial charge is 0.395 e. The number of benzene rings is 3. The fraction of sp³-hybridized carbons (Fsp3) is 0.133. The molecule has 4 heterocycles. The topological polar surface area (TPSA) is 81.5 Å². The van der Waals surface area contributed by atoms with E-state index in [4.69, 9.17) is 4.98 Å². The van der Waals surface area contributed by atoms with Gasteiger partial charge >= 0.3 is 0 Å². The van der Waals surface area contributed by atoms with Gasteiger partial charge in [-0.05, 0) is 55.0 Å². The zero-order chi connectivity index (χ0) is 25.9. The van der Waals surface area contributed by atoms with Crippen molar-refractivity contribution in [2.24, 2.45) is 0 Å². The van der Waals surface area contributed by atoms with Crippen LogP contribution in [0.4, 0.5) is 28.7 Å². The first kappa shape index (κ1) is 23.6. The van der Waals surface area contributed by atoms with Crippen LogP contribution in [-0.4, -0.2) is 44.7 Å². The fourth-order valence-corrected chi connectivity index (χ4v) is 4.80. The molecule has 2 aliphatic rings. The lowest BCUT2D eigenvalue weighted by atomic mass is 9.99. The Hall–Kier alpha value is -4.82. The second kappa shape index (κ2) is 10.3. The molecule has 7 rings (SSSR count). The predicted molar refractivity (Wildman–Crippen MR) is 151 cm³/mol. The van der Waals surface area contributed by atoms with Gasteiger partial charge in [-0.15, -0.1) is 0 Å². The number of aliphatic hydroxyl groups is 1. The highest BCUT2D eigenvalue weighted by Crippen LogP contribution is 2.43. The second-order valence-electron chi connectivity index (χ2n) is 8.85. The monoisotopic (exact) mass is 501 g/mol. The lowest BCUT2D eigenvalue weighted by Crippen LogP contribution is -2.38. The minimum atomic E-state index is 0.102. The Morgan fingerprint density at radius 3 is 2.37 bits per heavy atom. The van der Waals surface area contributed by atoms with Crippen molar-refractivity contribution in [1.29, 1.82) is 0 Å². The zero-order valence-corrected chi connectivity index (χ0v) is 21.0. The first-order chi connectivity index (χ1) is 18.8. The van der Waals surface area contributed by atoms with Gasteiger partial charge in [0.25, 0.3) is 0 Å². The summed E-state index contributed by atoms with van der Waals surface area (Å²) in [5, 5.41) is 13.6. The lowest BCUT2D eigenvalue weighted by molar-refractivity contribution is 0.302. The van der Waals surface area contributed by atoms with Crippen molar-refractivity contribution in [3.05, 3.63) is 104 Å². The van der Waals surface area contributed by atoms with Gasteiger partial charge in [0.1, 0.15) is 6.33 Å². The number of likely N-dealkylation sites (N-methyl/N-ethyl adjacent to an activating group) is 1. The summed E-state index contributed by atoms with van der Waals surface area (Å²) in [5.41, 5.74) is 6.03. The first-order valence-electron chi connectivity index (χ1n) is 12.6. The minimum Gasteiger partial charge on any atom is -0.395 e. The maximum atomic E-state index is 9.49. The summed E-state index contributed by atoms with van der Waals surface area (Å²) in [6.45, 7) is 3.56. The van der Waals surface area contributed by atoms with Gasteiger partial charge in [-0.1, -0.05) is 30.3 Å². The van der Waals surface area contributed by atoms with Crippen LogP contribution in [-0.2, 0) is 0 Å². The van der Waals surface area contributed by atoms with Gasteiger partial charge in [-0.3, -0.25) is 0 Å². The van der Waals surface area contributed by atoms with E-state index < -0.39 is 0 Å². The highest BCUT2D eigenvalue weighted by Gasteiger charge is 2.28. The number of hydrazine groups is 1. The van der Waals surface area contributed by atoms with Crippen molar-refractivity contribution >= 4 is 28.7 Å². The van der Waals surface area contributed by atoms with Gasteiger partial charge in [0.15, 0.2) is 17.5 Å². The van der Waals surface area contributed by atoms with Gasteiger partial charge in [0, 0.05) is 54.4 Å². The van der Waals surface area contributed by atoms with Gasteiger partial charge < -0.3 is 10.0 Å². The Labute approximate surface area is 221 Å². The summed E-state index contributed by atoms with van der Waals surface area (Å²) in [5.74, 6) is 2.09. The van der Waals surface area contributed by atoms with Gasteiger partial charge in [-0.25, -0.2) is 30.0 Å². The first-order valence-corrected chi connectivity index (χ1v) is 12.6. The number of anilines is 5. The number of fused-ring (bicyclic) bond motifs is 2. The van der Waals surface area contributed by atoms with Crippen LogP contribution < -0.4 is 14.9 Å². The number of hydrogen-bond acceptors (Lipinski definition) is 8. The molecule has 0 fully saturated rings. The normalized spacial score (nSPS) is 11.7. The van der Waals surface area contributed by atoms with Crippen LogP contribution in [0, 0.1) is 0 Å². The number of aliphatic hydroxyl groups excluding tert-OH is 1. The van der Waals surface area contributed by atoms with E-state index in [1.165, 1.54) is 0 Å². The van der Waals surface area contributed by atoms with Crippen molar-refractivity contribution < 1.29 is 5.11 Å². The molecule has 0 saturated carbocycles. The Balaban J connectivity index is 1.56. The molecule has 2 aliphatic heterocycles. The summed E-state index contributed by atoms with van der Waals surface area (Å²) in [6, 6.07) is 28.7. The zero-order valence-electron chi connectivity index (χ0n) is 21.0. The van der Waals surface area contributed by atoms with Crippen LogP contribution in [0.15, 0.2) is 104 Å². The average Bonchev–Trinajstić information content (AvgIpc) is 2.99. The molecular weight excluding hydrogens is 474 g/mol. The number of aromatic nitrogens is 4. The van der Waals surface area contributed by atoms with Crippen molar-refractivity contribution in [2.75, 3.05) is 34.6 Å². The Morgan fingerprint density at radius 1 is 0.816 bits per heavy atom. The molecule has 188 valence electrons. The second-order valence-corrected chi connectivity index (χ2v) is 8.85. The van der Waals surface area contributed by atoms with Crippen molar-refractivity contribution in [1.82, 2.24) is 19.9 Å². The predicted octanol–water partition coefficient (Wildman–Crippen LogP) is 5.62. The van der Waals surface area contributed by atoms with Crippen LogP contribution in [0.1, 0.15) is 6.92 Å². The molecule has 0 saturated heterocycles. The van der Waals surface area contributed by atoms with Crippen LogP contribution >= 0.6 is 0 Å². The highest BCUT2D eigenvalue weighted by molar-refractivity contribution is 5.89. The van der Waals surface area contributed by atoms with Crippen LogP contribution in [0.2, 0.25) is 0 Å². The van der Waals surface area contributed by atoms with Crippen LogP contribution in [0.25, 0.3) is 22.5 Å². The molecule has 0 amide bonds. The molecule has 0 atom stereocenters. The van der Waals surface area contributed by atoms with E-state index in [1.54, 1.807) is 18.7 Å². The maximum Gasteiger partial charge on any atom is 0.161 e. The molecule has 3 aromatic carbocycles. The van der Waals surface area contributed by atoms with E-state index in [0.29, 0.717) is 18.2 Å². The van der Waals surface area contributed by atoms with Crippen molar-refractivity contribution in [3.63, 3.8) is 0 Å². The standard InChI is InChI=1S/C30H27N7O/c1-2-35(18-19-38)24-9-11-25(12-10-24)36(28-14-16-31-21-33-28)37-27-13-8-23(30-32-17-15-29(37)34-30)20-26(27)22-6-4-3-5-7-22/h3-17,20-21,38H,2,18-19H2,1H3. The average molecular weight is 502 g/mol. The fourth-order valence-electron chi connectivity index (χ4n) is 4.80. The molecule has 8 heteroatoms. The van der Waals surface area contributed by atoms with Gasteiger partial charge in [-0.2, -0.15) is 0 Å². The molecule has 4 bridgehead atoms. The molecule has 0 spiro atoms. The maximum absolute atomic E-state index is 9.49. The minimum absolute atomic E-state index is 0.102. The van der Waals surface area contributed by atoms with E-state index >= 15 is 0 Å². The van der Waals surface area contributed by atoms with Crippen LogP contribution in [0.5, 0.6) is 0 Å². The number of rotatable bonds is 8. The summed E-state index contributed by atoms with van der Waals surface area (Å²) >= 11 is 0. The van der Waals surface area contributed by atoms with Gasteiger partial charge in [0.05, 0.1) is 18.0 Å². The molecule has 0 radical (unpaired) electrons. The molecule has 0 unspecified atom stereocenters. The molecule has 38 heavy (non-hydrogen) atoms. The smallest absolute Gasteiger partial charge is 0.161 e. The summed E-state index contributed by atoms with van der Waals surface area (Å²) in [4.78, 5) is 20.4. The third-order valence-electron chi connectivity index (χ3n) is 6.62. The summed E-state index contributed by atoms with van der Waals surface area (Å²) in [6.07, 6.45) is 5.08. The van der Waals surface area contributed by atoms with Crippen LogP contribution in [0.3, 0.4) is 0 Å². The number of nitrogens with zero attached hydrogens (tertiary/aromatic N) is 7.